The van der Waals surface area contributed by atoms with Crippen LogP contribution in [0.5, 0.6) is 5.75 Å². The molecule has 0 aromatic heterocycles. The lowest BCUT2D eigenvalue weighted by molar-refractivity contribution is -0.141. The Balaban J connectivity index is 0.00000122. The number of hydrogen-bond acceptors (Lipinski definition) is 4. The van der Waals surface area contributed by atoms with Crippen molar-refractivity contribution in [2.24, 2.45) is 0 Å². The Morgan fingerprint density at radius 1 is 1.29 bits per heavy atom. The summed E-state index contributed by atoms with van der Waals surface area (Å²) in [6.45, 7) is 6.13. The zero-order valence-corrected chi connectivity index (χ0v) is 15.0. The molecule has 0 N–H and O–H groups in total. The molecular formula is C15H20BrClO4. The monoisotopic (exact) mass is 378 g/mol. The van der Waals surface area contributed by atoms with E-state index < -0.39 is 16.6 Å². The molecule has 0 bridgehead atoms. The number of benzene rings is 1. The predicted molar refractivity (Wildman–Crippen MR) is 87.6 cm³/mol. The third-order valence-corrected chi connectivity index (χ3v) is 3.18. The Labute approximate surface area is 138 Å². The van der Waals surface area contributed by atoms with E-state index in [-0.39, 0.29) is 12.2 Å². The first kappa shape index (κ1) is 19.9. The number of carbonyl (C=O) groups excluding carboxylic acids is 2. The number of hydrogen-bond donors (Lipinski definition) is 0. The van der Waals surface area contributed by atoms with Crippen LogP contribution in [0.25, 0.3) is 0 Å². The number of carbonyl (C=O) groups is 2. The van der Waals surface area contributed by atoms with Crippen LogP contribution in [0.4, 0.5) is 0 Å². The standard InChI is InChI=1S/C12H12BrClO4.C3H8/c1-3-18-12(16)10(13)11(15)8-6-7(14)4-5-9(8)17-2;1-3-2/h4-6,10H,3H2,1-2H3;3H2,1-2H3. The third kappa shape index (κ3) is 6.48. The van der Waals surface area contributed by atoms with E-state index >= 15 is 0 Å². The molecule has 4 nitrogen and oxygen atoms in total. The predicted octanol–water partition coefficient (Wildman–Crippen LogP) is 4.27. The Hall–Kier alpha value is -1.07. The van der Waals surface area contributed by atoms with Gasteiger partial charge in [-0.25, -0.2) is 0 Å². The van der Waals surface area contributed by atoms with E-state index in [0.717, 1.165) is 0 Å². The van der Waals surface area contributed by atoms with Gasteiger partial charge < -0.3 is 9.47 Å². The molecule has 0 aliphatic rings. The zero-order valence-electron chi connectivity index (χ0n) is 12.6. The number of halogens is 2. The lowest BCUT2D eigenvalue weighted by atomic mass is 10.1. The molecule has 118 valence electrons. The minimum absolute atomic E-state index is 0.209. The van der Waals surface area contributed by atoms with Crippen LogP contribution in [0.3, 0.4) is 0 Å². The largest absolute Gasteiger partial charge is 0.496 e. The van der Waals surface area contributed by atoms with Gasteiger partial charge >= 0.3 is 5.97 Å². The first-order chi connectivity index (χ1) is 9.92. The maximum Gasteiger partial charge on any atom is 0.327 e. The summed E-state index contributed by atoms with van der Waals surface area (Å²) >= 11 is 8.84. The number of esters is 1. The van der Waals surface area contributed by atoms with Gasteiger partial charge in [0.25, 0.3) is 0 Å². The Kier molecular flexibility index (Phi) is 10.1. The molecule has 0 fully saturated rings. The third-order valence-electron chi connectivity index (χ3n) is 2.15. The first-order valence-corrected chi connectivity index (χ1v) is 7.90. The van der Waals surface area contributed by atoms with Crippen LogP contribution >= 0.6 is 27.5 Å². The van der Waals surface area contributed by atoms with Crippen molar-refractivity contribution < 1.29 is 19.1 Å². The van der Waals surface area contributed by atoms with Gasteiger partial charge in [-0.1, -0.05) is 47.8 Å². The molecule has 0 radical (unpaired) electrons. The highest BCUT2D eigenvalue weighted by atomic mass is 79.9. The van der Waals surface area contributed by atoms with Gasteiger partial charge in [0.15, 0.2) is 10.6 Å². The second kappa shape index (κ2) is 10.6. The number of ether oxygens (including phenoxy) is 2. The van der Waals surface area contributed by atoms with Crippen molar-refractivity contribution in [2.75, 3.05) is 13.7 Å². The number of Topliss-reactive ketones (excluding diaryl/α,β-unsaturated/α-hetero) is 1. The molecule has 6 heteroatoms. The second-order valence-corrected chi connectivity index (χ2v) is 5.38. The first-order valence-electron chi connectivity index (χ1n) is 6.61. The second-order valence-electron chi connectivity index (χ2n) is 4.03. The zero-order chi connectivity index (χ0) is 16.4. The Bertz CT molecular complexity index is 477. The molecule has 1 unspecified atom stereocenters. The smallest absolute Gasteiger partial charge is 0.327 e. The Morgan fingerprint density at radius 3 is 2.33 bits per heavy atom. The highest BCUT2D eigenvalue weighted by molar-refractivity contribution is 9.10. The van der Waals surface area contributed by atoms with Crippen LogP contribution in [0.2, 0.25) is 5.02 Å². The summed E-state index contributed by atoms with van der Waals surface area (Å²) in [6.07, 6.45) is 1.25. The quantitative estimate of drug-likeness (QED) is 0.332. The summed E-state index contributed by atoms with van der Waals surface area (Å²) in [5.74, 6) is -0.726. The molecule has 0 heterocycles. The van der Waals surface area contributed by atoms with E-state index in [9.17, 15) is 9.59 Å². The normalized spacial score (nSPS) is 11.0. The fraction of sp³-hybridized carbons (Fsp3) is 0.467. The maximum absolute atomic E-state index is 12.1. The van der Waals surface area contributed by atoms with E-state index in [0.29, 0.717) is 10.8 Å². The highest BCUT2D eigenvalue weighted by Gasteiger charge is 2.28. The lowest BCUT2D eigenvalue weighted by Gasteiger charge is -2.11. The molecule has 0 amide bonds. The van der Waals surface area contributed by atoms with E-state index in [1.54, 1.807) is 19.1 Å². The van der Waals surface area contributed by atoms with Crippen LogP contribution in [0, 0.1) is 0 Å². The van der Waals surface area contributed by atoms with Crippen molar-refractivity contribution in [3.05, 3.63) is 28.8 Å². The average molecular weight is 380 g/mol. The van der Waals surface area contributed by atoms with Gasteiger partial charge in [-0.3, -0.25) is 9.59 Å². The maximum atomic E-state index is 12.1. The van der Waals surface area contributed by atoms with E-state index in [4.69, 9.17) is 21.1 Å². The molecule has 0 saturated heterocycles. The van der Waals surface area contributed by atoms with Gasteiger partial charge in [0.2, 0.25) is 0 Å². The summed E-state index contributed by atoms with van der Waals surface area (Å²) in [4.78, 5) is 22.5. The number of rotatable bonds is 5. The highest BCUT2D eigenvalue weighted by Crippen LogP contribution is 2.25. The summed E-state index contributed by atoms with van der Waals surface area (Å²) in [7, 11) is 1.44. The molecule has 0 saturated carbocycles. The van der Waals surface area contributed by atoms with Crippen molar-refractivity contribution in [1.29, 1.82) is 0 Å². The molecule has 0 aliphatic heterocycles. The van der Waals surface area contributed by atoms with E-state index in [2.05, 4.69) is 29.8 Å². The SMILES string of the molecule is CCC.CCOC(=O)C(Br)C(=O)c1cc(Cl)ccc1OC. The minimum Gasteiger partial charge on any atom is -0.496 e. The van der Waals surface area contributed by atoms with Crippen molar-refractivity contribution in [3.63, 3.8) is 0 Å². The van der Waals surface area contributed by atoms with Gasteiger partial charge in [-0.05, 0) is 25.1 Å². The number of alkyl halides is 1. The van der Waals surface area contributed by atoms with Crippen LogP contribution in [0.1, 0.15) is 37.6 Å². The van der Waals surface area contributed by atoms with Gasteiger partial charge in [-0.15, -0.1) is 0 Å². The summed E-state index contributed by atoms with van der Waals surface area (Å²) in [5.41, 5.74) is 0.236. The summed E-state index contributed by atoms with van der Waals surface area (Å²) in [5, 5.41) is 0.391. The van der Waals surface area contributed by atoms with E-state index in [1.165, 1.54) is 19.6 Å². The minimum atomic E-state index is -1.06. The van der Waals surface area contributed by atoms with Crippen LogP contribution < -0.4 is 4.74 Å². The van der Waals surface area contributed by atoms with Crippen molar-refractivity contribution in [2.45, 2.75) is 32.0 Å². The number of methoxy groups -OCH3 is 1. The number of ketones is 1. The molecule has 1 aromatic carbocycles. The van der Waals surface area contributed by atoms with Crippen LogP contribution in [-0.4, -0.2) is 30.3 Å². The van der Waals surface area contributed by atoms with Crippen LogP contribution in [-0.2, 0) is 9.53 Å². The van der Waals surface area contributed by atoms with Crippen molar-refractivity contribution in [3.8, 4) is 5.75 Å². The van der Waals surface area contributed by atoms with Gasteiger partial charge in [0, 0.05) is 5.02 Å². The fourth-order valence-corrected chi connectivity index (χ4v) is 1.88. The fourth-order valence-electron chi connectivity index (χ4n) is 1.33. The molecular weight excluding hydrogens is 360 g/mol. The molecule has 1 atom stereocenters. The topological polar surface area (TPSA) is 52.6 Å². The van der Waals surface area contributed by atoms with Gasteiger partial charge in [0.1, 0.15) is 5.75 Å². The van der Waals surface area contributed by atoms with Crippen molar-refractivity contribution in [1.82, 2.24) is 0 Å². The average Bonchev–Trinajstić information content (AvgIpc) is 2.46. The molecule has 0 spiro atoms. The van der Waals surface area contributed by atoms with Gasteiger partial charge in [0.05, 0.1) is 19.3 Å². The molecule has 1 rings (SSSR count). The summed E-state index contributed by atoms with van der Waals surface area (Å²) < 4.78 is 9.83. The summed E-state index contributed by atoms with van der Waals surface area (Å²) in [6, 6.07) is 4.63. The Morgan fingerprint density at radius 2 is 1.86 bits per heavy atom. The van der Waals surface area contributed by atoms with Crippen LogP contribution in [0.15, 0.2) is 18.2 Å². The molecule has 1 aromatic rings. The van der Waals surface area contributed by atoms with E-state index in [1.807, 2.05) is 0 Å². The molecule has 0 aliphatic carbocycles. The lowest BCUT2D eigenvalue weighted by Crippen LogP contribution is -2.26. The molecule has 21 heavy (non-hydrogen) atoms. The van der Waals surface area contributed by atoms with Crippen molar-refractivity contribution >= 4 is 39.3 Å². The van der Waals surface area contributed by atoms with Gasteiger partial charge in [-0.2, -0.15) is 0 Å².